The highest BCUT2D eigenvalue weighted by Gasteiger charge is 2.42. The topological polar surface area (TPSA) is 71.4 Å². The van der Waals surface area contributed by atoms with E-state index in [0.29, 0.717) is 11.2 Å². The second kappa shape index (κ2) is 10.2. The van der Waals surface area contributed by atoms with Crippen molar-refractivity contribution < 1.29 is 9.53 Å². The summed E-state index contributed by atoms with van der Waals surface area (Å²) < 4.78 is 7.30. The fourth-order valence-corrected chi connectivity index (χ4v) is 5.45. The van der Waals surface area contributed by atoms with Gasteiger partial charge in [0.15, 0.2) is 5.11 Å². The summed E-state index contributed by atoms with van der Waals surface area (Å²) in [6, 6.07) is 14.4. The summed E-state index contributed by atoms with van der Waals surface area (Å²) in [5.74, 6) is -0.184. The number of thiocarbonyl (C=S) groups is 1. The van der Waals surface area contributed by atoms with Gasteiger partial charge < -0.3 is 24.8 Å². The number of methoxy groups -OCH3 is 1. The minimum atomic E-state index is -0.184. The van der Waals surface area contributed by atoms with E-state index in [1.165, 1.54) is 24.1 Å². The number of aromatic nitrogens is 2. The van der Waals surface area contributed by atoms with Crippen LogP contribution in [0.1, 0.15) is 60.2 Å². The van der Waals surface area contributed by atoms with E-state index in [4.69, 9.17) is 17.0 Å². The lowest BCUT2D eigenvalue weighted by atomic mass is 9.96. The number of benzene rings is 1. The van der Waals surface area contributed by atoms with Gasteiger partial charge in [-0.1, -0.05) is 6.07 Å². The molecule has 3 aromatic rings. The molecule has 1 aliphatic rings. The van der Waals surface area contributed by atoms with Crippen molar-refractivity contribution in [3.63, 3.8) is 0 Å². The lowest BCUT2D eigenvalue weighted by Gasteiger charge is -2.29. The van der Waals surface area contributed by atoms with Crippen molar-refractivity contribution in [3.8, 4) is 0 Å². The van der Waals surface area contributed by atoms with E-state index in [1.54, 1.807) is 0 Å². The lowest BCUT2D eigenvalue weighted by Crippen LogP contribution is -2.29. The molecule has 7 nitrogen and oxygen atoms in total. The van der Waals surface area contributed by atoms with Gasteiger partial charge in [-0.15, -0.1) is 0 Å². The van der Waals surface area contributed by atoms with Crippen molar-refractivity contribution in [1.29, 1.82) is 0 Å². The van der Waals surface area contributed by atoms with Crippen molar-refractivity contribution in [1.82, 2.24) is 14.9 Å². The fourth-order valence-electron chi connectivity index (χ4n) is 5.10. The summed E-state index contributed by atoms with van der Waals surface area (Å²) in [5.41, 5.74) is 7.26. The molecule has 0 bridgehead atoms. The Balaban J connectivity index is 1.80. The number of ether oxygens (including phenoxy) is 1. The predicted molar refractivity (Wildman–Crippen MR) is 144 cm³/mol. The van der Waals surface area contributed by atoms with E-state index >= 15 is 0 Å². The van der Waals surface area contributed by atoms with Gasteiger partial charge in [0.1, 0.15) is 6.61 Å². The number of amides is 1. The molecular weight excluding hydrogens is 458 g/mol. The molecule has 3 heterocycles. The molecular formula is C27H33N5O2S. The van der Waals surface area contributed by atoms with Gasteiger partial charge in [0, 0.05) is 42.1 Å². The Bertz CT molecular complexity index is 1240. The SMILES string of the molecule is COCC(=O)Nc1ccc(N2C(=S)N[C@@H](c3ccccn3)[C@H]2c2cc(C)n(C(C)C)c2C)cc1C. The van der Waals surface area contributed by atoms with Gasteiger partial charge in [0.25, 0.3) is 0 Å². The maximum absolute atomic E-state index is 12.0. The van der Waals surface area contributed by atoms with Crippen LogP contribution >= 0.6 is 12.2 Å². The van der Waals surface area contributed by atoms with Crippen LogP contribution in [0.4, 0.5) is 11.4 Å². The zero-order chi connectivity index (χ0) is 25.3. The minimum Gasteiger partial charge on any atom is -0.375 e. The largest absolute Gasteiger partial charge is 0.375 e. The van der Waals surface area contributed by atoms with Crippen LogP contribution in [0.15, 0.2) is 48.7 Å². The van der Waals surface area contributed by atoms with Gasteiger partial charge in [0.2, 0.25) is 5.91 Å². The number of hydrogen-bond acceptors (Lipinski definition) is 4. The van der Waals surface area contributed by atoms with Gasteiger partial charge in [-0.3, -0.25) is 9.78 Å². The van der Waals surface area contributed by atoms with Gasteiger partial charge in [-0.2, -0.15) is 0 Å². The first-order valence-corrected chi connectivity index (χ1v) is 12.2. The first-order valence-electron chi connectivity index (χ1n) is 11.8. The number of carbonyl (C=O) groups excluding carboxylic acids is 1. The molecule has 1 saturated heterocycles. The van der Waals surface area contributed by atoms with Crippen LogP contribution in [0.5, 0.6) is 0 Å². The Morgan fingerprint density at radius 1 is 1.20 bits per heavy atom. The van der Waals surface area contributed by atoms with Crippen LogP contribution in [0, 0.1) is 20.8 Å². The molecule has 1 aliphatic heterocycles. The number of hydrogen-bond donors (Lipinski definition) is 2. The third kappa shape index (κ3) is 4.81. The Morgan fingerprint density at radius 3 is 2.57 bits per heavy atom. The molecule has 2 aromatic heterocycles. The fraction of sp³-hybridized carbons (Fsp3) is 0.370. The standard InChI is InChI=1S/C27H33N5O2S/c1-16(2)31-18(4)14-21(19(31)5)26-25(23-9-7-8-12-28-23)30-27(35)32(26)20-10-11-22(17(3)13-20)29-24(33)15-34-6/h7-14,16,25-26H,15H2,1-6H3,(H,29,33)(H,30,35)/t25-,26+/m0/s1. The maximum Gasteiger partial charge on any atom is 0.250 e. The molecule has 0 radical (unpaired) electrons. The highest BCUT2D eigenvalue weighted by molar-refractivity contribution is 7.80. The molecule has 2 N–H and O–H groups in total. The molecule has 1 amide bonds. The number of anilines is 2. The van der Waals surface area contributed by atoms with Crippen molar-refractivity contribution in [2.75, 3.05) is 23.9 Å². The van der Waals surface area contributed by atoms with E-state index in [2.05, 4.69) is 64.9 Å². The number of aryl methyl sites for hydroxylation is 2. The van der Waals surface area contributed by atoms with Crippen molar-refractivity contribution in [2.45, 2.75) is 52.7 Å². The normalized spacial score (nSPS) is 17.7. The van der Waals surface area contributed by atoms with Gasteiger partial charge in [0.05, 0.1) is 17.8 Å². The molecule has 4 rings (SSSR count). The Kier molecular flexibility index (Phi) is 7.23. The zero-order valence-corrected chi connectivity index (χ0v) is 21.9. The molecule has 0 aliphatic carbocycles. The van der Waals surface area contributed by atoms with Gasteiger partial charge in [-0.25, -0.2) is 0 Å². The maximum atomic E-state index is 12.0. The number of nitrogens with one attached hydrogen (secondary N) is 2. The highest BCUT2D eigenvalue weighted by Crippen LogP contribution is 2.44. The van der Waals surface area contributed by atoms with E-state index in [0.717, 1.165) is 22.6 Å². The van der Waals surface area contributed by atoms with E-state index < -0.39 is 0 Å². The second-order valence-electron chi connectivity index (χ2n) is 9.27. The van der Waals surface area contributed by atoms with Crippen molar-refractivity contribution >= 4 is 34.6 Å². The summed E-state index contributed by atoms with van der Waals surface area (Å²) in [7, 11) is 1.51. The summed E-state index contributed by atoms with van der Waals surface area (Å²) in [6.07, 6.45) is 1.82. The summed E-state index contributed by atoms with van der Waals surface area (Å²) >= 11 is 5.89. The zero-order valence-electron chi connectivity index (χ0n) is 21.1. The third-order valence-electron chi connectivity index (χ3n) is 6.49. The summed E-state index contributed by atoms with van der Waals surface area (Å²) in [4.78, 5) is 18.9. The molecule has 2 atom stereocenters. The Morgan fingerprint density at radius 2 is 1.97 bits per heavy atom. The van der Waals surface area contributed by atoms with E-state index in [9.17, 15) is 4.79 Å². The lowest BCUT2D eigenvalue weighted by molar-refractivity contribution is -0.119. The Hall–Kier alpha value is -3.23. The average Bonchev–Trinajstić information content (AvgIpc) is 3.31. The number of rotatable bonds is 7. The van der Waals surface area contributed by atoms with Crippen LogP contribution < -0.4 is 15.5 Å². The highest BCUT2D eigenvalue weighted by atomic mass is 32.1. The molecule has 1 fully saturated rings. The molecule has 184 valence electrons. The number of nitrogens with zero attached hydrogens (tertiary/aromatic N) is 3. The molecule has 0 saturated carbocycles. The first-order chi connectivity index (χ1) is 16.7. The van der Waals surface area contributed by atoms with Crippen LogP contribution in [-0.2, 0) is 9.53 Å². The summed E-state index contributed by atoms with van der Waals surface area (Å²) in [6.45, 7) is 10.7. The number of carbonyl (C=O) groups is 1. The second-order valence-corrected chi connectivity index (χ2v) is 9.65. The van der Waals surface area contributed by atoms with Gasteiger partial charge >= 0.3 is 0 Å². The van der Waals surface area contributed by atoms with Crippen LogP contribution in [0.2, 0.25) is 0 Å². The minimum absolute atomic E-state index is 0.0145. The van der Waals surface area contributed by atoms with Crippen LogP contribution in [-0.4, -0.2) is 34.3 Å². The first kappa shape index (κ1) is 24.9. The van der Waals surface area contributed by atoms with E-state index in [1.807, 2.05) is 43.5 Å². The molecule has 0 unspecified atom stereocenters. The van der Waals surface area contributed by atoms with Crippen molar-refractivity contribution in [3.05, 3.63) is 76.9 Å². The summed E-state index contributed by atoms with van der Waals surface area (Å²) in [5, 5.41) is 7.09. The van der Waals surface area contributed by atoms with Crippen molar-refractivity contribution in [2.24, 2.45) is 0 Å². The monoisotopic (exact) mass is 491 g/mol. The van der Waals surface area contributed by atoms with Gasteiger partial charge in [-0.05, 0) is 94.4 Å². The van der Waals surface area contributed by atoms with Crippen LogP contribution in [0.25, 0.3) is 0 Å². The predicted octanol–water partition coefficient (Wildman–Crippen LogP) is 5.15. The average molecular weight is 492 g/mol. The quantitative estimate of drug-likeness (QED) is 0.446. The van der Waals surface area contributed by atoms with E-state index in [-0.39, 0.29) is 24.6 Å². The Labute approximate surface area is 212 Å². The smallest absolute Gasteiger partial charge is 0.250 e. The molecule has 1 aromatic carbocycles. The molecule has 8 heteroatoms. The third-order valence-corrected chi connectivity index (χ3v) is 6.81. The molecule has 35 heavy (non-hydrogen) atoms. The number of pyridine rings is 1. The molecule has 0 spiro atoms. The van der Waals surface area contributed by atoms with Crippen LogP contribution in [0.3, 0.4) is 0 Å².